The fourth-order valence-corrected chi connectivity index (χ4v) is 1.15. The van der Waals surface area contributed by atoms with E-state index in [1.807, 2.05) is 0 Å². The van der Waals surface area contributed by atoms with Crippen molar-refractivity contribution in [2.24, 2.45) is 5.92 Å². The lowest BCUT2D eigenvalue weighted by Crippen LogP contribution is -2.35. The maximum absolute atomic E-state index is 13.4. The van der Waals surface area contributed by atoms with Crippen LogP contribution in [-0.2, 0) is 9.53 Å². The molecule has 0 aromatic rings. The molecule has 1 rings (SSSR count). The summed E-state index contributed by atoms with van der Waals surface area (Å²) in [4.78, 5) is 10.3. The molecule has 1 fully saturated rings. The van der Waals surface area contributed by atoms with E-state index in [9.17, 15) is 9.18 Å². The van der Waals surface area contributed by atoms with E-state index in [2.05, 4.69) is 0 Å². The molecule has 0 spiro atoms. The fraction of sp³-hybridized carbons (Fsp3) is 0.857. The summed E-state index contributed by atoms with van der Waals surface area (Å²) in [5.74, 6) is -0.463. The monoisotopic (exact) mass is 156 g/mol. The lowest BCUT2D eigenvalue weighted by atomic mass is 9.79. The van der Waals surface area contributed by atoms with Gasteiger partial charge in [0.2, 0.25) is 0 Å². The molecule has 0 amide bonds. The first-order chi connectivity index (χ1) is 5.00. The van der Waals surface area contributed by atoms with Crippen molar-refractivity contribution in [3.8, 4) is 0 Å². The van der Waals surface area contributed by atoms with E-state index >= 15 is 0 Å². The molecule has 4 atom stereocenters. The number of ether oxygens (including phenoxy) is 1. The van der Waals surface area contributed by atoms with Gasteiger partial charge in [-0.2, -0.15) is 0 Å². The van der Waals surface area contributed by atoms with Gasteiger partial charge in [0.1, 0.15) is 25.9 Å². The van der Waals surface area contributed by atoms with Crippen LogP contribution in [0, 0.1) is 5.92 Å². The van der Waals surface area contributed by atoms with E-state index < -0.39 is 23.7 Å². The van der Waals surface area contributed by atoms with E-state index in [0.717, 1.165) is 0 Å². The van der Waals surface area contributed by atoms with Crippen molar-refractivity contribution in [3.05, 3.63) is 0 Å². The quantitative estimate of drug-likeness (QED) is 0.406. The highest BCUT2D eigenvalue weighted by molar-refractivity contribution is 6.12. The number of hydrogen-bond donors (Lipinski definition) is 0. The van der Waals surface area contributed by atoms with Crippen LogP contribution >= 0.6 is 0 Å². The van der Waals surface area contributed by atoms with Gasteiger partial charge in [-0.3, -0.25) is 0 Å². The van der Waals surface area contributed by atoms with Gasteiger partial charge >= 0.3 is 0 Å². The summed E-state index contributed by atoms with van der Waals surface area (Å²) in [6, 6.07) is -0.979. The van der Waals surface area contributed by atoms with Crippen LogP contribution in [0.4, 0.5) is 4.39 Å². The predicted octanol–water partition coefficient (Wildman–Crippen LogP) is 0.443. The predicted molar refractivity (Wildman–Crippen MR) is 39.2 cm³/mol. The van der Waals surface area contributed by atoms with E-state index in [-0.39, 0.29) is 0 Å². The number of alkyl halides is 1. The third-order valence-electron chi connectivity index (χ3n) is 2.38. The summed E-state index contributed by atoms with van der Waals surface area (Å²) in [5.41, 5.74) is -1.59. The van der Waals surface area contributed by atoms with Crippen molar-refractivity contribution in [2.45, 2.75) is 31.6 Å². The summed E-state index contributed by atoms with van der Waals surface area (Å²) in [6.07, 6.45) is -0.102. The van der Waals surface area contributed by atoms with Crippen LogP contribution in [0.5, 0.6) is 0 Å². The van der Waals surface area contributed by atoms with Crippen LogP contribution < -0.4 is 0 Å². The van der Waals surface area contributed by atoms with E-state index in [1.54, 1.807) is 6.92 Å². The Balaban J connectivity index is 2.79. The van der Waals surface area contributed by atoms with Gasteiger partial charge in [0.25, 0.3) is 0 Å². The second-order valence-corrected chi connectivity index (χ2v) is 3.10. The van der Waals surface area contributed by atoms with E-state index in [0.29, 0.717) is 6.29 Å². The van der Waals surface area contributed by atoms with Crippen molar-refractivity contribution in [1.29, 1.82) is 0 Å². The topological polar surface area (TPSA) is 26.3 Å². The normalized spacial score (nSPS) is 51.0. The molecule has 11 heavy (non-hydrogen) atoms. The summed E-state index contributed by atoms with van der Waals surface area (Å²) < 4.78 is 18.3. The number of rotatable bonds is 1. The molecule has 0 bridgehead atoms. The molecule has 2 nitrogen and oxygen atoms in total. The number of hydrogen-bond acceptors (Lipinski definition) is 2. The SMILES string of the molecule is [B][C@@H]1O[C@H](C=O)[C@@H](C)[C@@]1(C)F. The largest absolute Gasteiger partial charge is 0.374 e. The van der Waals surface area contributed by atoms with Gasteiger partial charge in [-0.1, -0.05) is 6.92 Å². The van der Waals surface area contributed by atoms with Crippen molar-refractivity contribution >= 4 is 14.1 Å². The molecule has 0 N–H and O–H groups in total. The van der Waals surface area contributed by atoms with Crippen LogP contribution in [-0.4, -0.2) is 31.9 Å². The minimum Gasteiger partial charge on any atom is -0.374 e. The zero-order valence-corrected chi connectivity index (χ0v) is 6.58. The first-order valence-electron chi connectivity index (χ1n) is 3.55. The molecule has 0 unspecified atom stereocenters. The Kier molecular flexibility index (Phi) is 2.05. The van der Waals surface area contributed by atoms with Crippen molar-refractivity contribution < 1.29 is 13.9 Å². The van der Waals surface area contributed by atoms with Gasteiger partial charge in [0.05, 0.1) is 6.00 Å². The van der Waals surface area contributed by atoms with Crippen molar-refractivity contribution in [1.82, 2.24) is 0 Å². The van der Waals surface area contributed by atoms with Crippen LogP contribution in [0.25, 0.3) is 0 Å². The van der Waals surface area contributed by atoms with Crippen LogP contribution in [0.2, 0.25) is 0 Å². The molecule has 0 aliphatic carbocycles. The number of carbonyl (C=O) groups is 1. The van der Waals surface area contributed by atoms with Gasteiger partial charge in [-0.25, -0.2) is 4.39 Å². The zero-order valence-electron chi connectivity index (χ0n) is 6.58. The number of aldehydes is 1. The van der Waals surface area contributed by atoms with Gasteiger partial charge in [0, 0.05) is 5.92 Å². The Labute approximate surface area is 66.5 Å². The molecular weight excluding hydrogens is 146 g/mol. The standard InChI is InChI=1S/C7H10BFO2/c1-4-5(3-10)11-6(8)7(4,2)9/h3-6H,1-2H3/t4-,5-,6-,7-/m1/s1. The Hall–Kier alpha value is -0.375. The van der Waals surface area contributed by atoms with Gasteiger partial charge in [-0.15, -0.1) is 0 Å². The lowest BCUT2D eigenvalue weighted by Gasteiger charge is -2.21. The zero-order chi connectivity index (χ0) is 8.65. The van der Waals surface area contributed by atoms with Crippen molar-refractivity contribution in [2.75, 3.05) is 0 Å². The molecule has 2 radical (unpaired) electrons. The summed E-state index contributed by atoms with van der Waals surface area (Å²) in [5, 5.41) is 0. The maximum Gasteiger partial charge on any atom is 0.149 e. The smallest absolute Gasteiger partial charge is 0.149 e. The van der Waals surface area contributed by atoms with E-state index in [4.69, 9.17) is 12.6 Å². The Morgan fingerprint density at radius 1 is 1.73 bits per heavy atom. The average Bonchev–Trinajstić information content (AvgIpc) is 2.14. The third-order valence-corrected chi connectivity index (χ3v) is 2.38. The molecule has 1 saturated heterocycles. The molecule has 0 saturated carbocycles. The first kappa shape index (κ1) is 8.72. The molecule has 4 heteroatoms. The molecule has 0 aromatic carbocycles. The minimum atomic E-state index is -1.59. The minimum absolute atomic E-state index is 0.463. The number of halogens is 1. The Bertz CT molecular complexity index is 172. The second kappa shape index (κ2) is 2.59. The summed E-state index contributed by atoms with van der Waals surface area (Å²) in [6.45, 7) is 2.97. The highest BCUT2D eigenvalue weighted by atomic mass is 19.1. The lowest BCUT2D eigenvalue weighted by molar-refractivity contribution is -0.117. The molecule has 1 heterocycles. The van der Waals surface area contributed by atoms with Crippen molar-refractivity contribution in [3.63, 3.8) is 0 Å². The van der Waals surface area contributed by atoms with Gasteiger partial charge < -0.3 is 9.53 Å². The van der Waals surface area contributed by atoms with Crippen LogP contribution in [0.3, 0.4) is 0 Å². The molecule has 0 aromatic heterocycles. The first-order valence-corrected chi connectivity index (χ1v) is 3.55. The Morgan fingerprint density at radius 3 is 2.45 bits per heavy atom. The van der Waals surface area contributed by atoms with Gasteiger partial charge in [0.15, 0.2) is 0 Å². The van der Waals surface area contributed by atoms with Crippen LogP contribution in [0.15, 0.2) is 0 Å². The molecule has 1 aliphatic heterocycles. The molecule has 1 aliphatic rings. The average molecular weight is 156 g/mol. The molecular formula is C7H10BFO2. The Morgan fingerprint density at radius 2 is 2.27 bits per heavy atom. The van der Waals surface area contributed by atoms with Gasteiger partial charge in [-0.05, 0) is 6.92 Å². The van der Waals surface area contributed by atoms with E-state index in [1.165, 1.54) is 6.92 Å². The maximum atomic E-state index is 13.4. The third kappa shape index (κ3) is 1.20. The highest BCUT2D eigenvalue weighted by Crippen LogP contribution is 2.36. The second-order valence-electron chi connectivity index (χ2n) is 3.10. The summed E-state index contributed by atoms with van der Waals surface area (Å²) >= 11 is 0. The molecule has 60 valence electrons. The number of carbonyl (C=O) groups excluding carboxylic acids is 1. The van der Waals surface area contributed by atoms with Crippen LogP contribution in [0.1, 0.15) is 13.8 Å². The highest BCUT2D eigenvalue weighted by Gasteiger charge is 2.48. The summed E-state index contributed by atoms with van der Waals surface area (Å²) in [7, 11) is 5.31. The fourth-order valence-electron chi connectivity index (χ4n) is 1.15.